The summed E-state index contributed by atoms with van der Waals surface area (Å²) in [6, 6.07) is 13.7. The second-order valence-corrected chi connectivity index (χ2v) is 5.47. The van der Waals surface area contributed by atoms with Gasteiger partial charge in [-0.25, -0.2) is 0 Å². The minimum Gasteiger partial charge on any atom is -0.389 e. The van der Waals surface area contributed by atoms with Crippen molar-refractivity contribution in [1.29, 1.82) is 0 Å². The van der Waals surface area contributed by atoms with Gasteiger partial charge in [-0.1, -0.05) is 23.8 Å². The Bertz CT molecular complexity index is 624. The minimum atomic E-state index is 0.303. The lowest BCUT2D eigenvalue weighted by Crippen LogP contribution is -2.10. The highest BCUT2D eigenvalue weighted by molar-refractivity contribution is 7.80. The van der Waals surface area contributed by atoms with E-state index in [0.717, 1.165) is 17.1 Å². The van der Waals surface area contributed by atoms with Gasteiger partial charge < -0.3 is 16.0 Å². The number of rotatable bonds is 4. The minimum absolute atomic E-state index is 0.303. The van der Waals surface area contributed by atoms with Gasteiger partial charge >= 0.3 is 0 Å². The summed E-state index contributed by atoms with van der Waals surface area (Å²) in [5.74, 6) is 0. The zero-order valence-corrected chi connectivity index (χ0v) is 12.9. The molecule has 5 heteroatoms. The van der Waals surface area contributed by atoms with Gasteiger partial charge in [-0.2, -0.15) is 0 Å². The average molecular weight is 306 g/mol. The Balaban J connectivity index is 2.17. The average Bonchev–Trinajstić information content (AvgIpc) is 2.39. The van der Waals surface area contributed by atoms with E-state index in [1.165, 1.54) is 0 Å². The molecule has 0 unspecified atom stereocenters. The molecule has 0 heterocycles. The summed E-state index contributed by atoms with van der Waals surface area (Å²) in [5.41, 5.74) is 9.32. The van der Waals surface area contributed by atoms with Crippen molar-refractivity contribution in [1.82, 2.24) is 0 Å². The van der Waals surface area contributed by atoms with Crippen LogP contribution in [0.3, 0.4) is 0 Å². The van der Waals surface area contributed by atoms with Crippen LogP contribution in [0.5, 0.6) is 0 Å². The van der Waals surface area contributed by atoms with Crippen molar-refractivity contribution in [2.45, 2.75) is 0 Å². The summed E-state index contributed by atoms with van der Waals surface area (Å²) in [4.78, 5) is 2.36. The molecule has 0 aromatic heterocycles. The zero-order valence-electron chi connectivity index (χ0n) is 11.4. The molecule has 0 spiro atoms. The highest BCUT2D eigenvalue weighted by atomic mass is 35.5. The van der Waals surface area contributed by atoms with Crippen LogP contribution in [0.25, 0.3) is 0 Å². The Labute approximate surface area is 129 Å². The van der Waals surface area contributed by atoms with E-state index < -0.39 is 0 Å². The SMILES string of the molecule is CN(C)c1ccc(Nc2ccc(C(N)=S)c(Cl)c2)cc1. The van der Waals surface area contributed by atoms with E-state index in [-0.39, 0.29) is 0 Å². The van der Waals surface area contributed by atoms with Gasteiger partial charge in [0.15, 0.2) is 0 Å². The van der Waals surface area contributed by atoms with Gasteiger partial charge in [0.25, 0.3) is 0 Å². The van der Waals surface area contributed by atoms with Gasteiger partial charge in [-0.15, -0.1) is 0 Å². The maximum atomic E-state index is 6.14. The smallest absolute Gasteiger partial charge is 0.105 e. The van der Waals surface area contributed by atoms with Gasteiger partial charge in [0, 0.05) is 36.7 Å². The third kappa shape index (κ3) is 3.40. The first-order valence-corrected chi connectivity index (χ1v) is 6.90. The van der Waals surface area contributed by atoms with E-state index in [1.807, 2.05) is 56.6 Å². The first-order chi connectivity index (χ1) is 9.47. The van der Waals surface area contributed by atoms with Crippen molar-refractivity contribution < 1.29 is 0 Å². The number of nitrogens with one attached hydrogen (secondary N) is 1. The Hall–Kier alpha value is -1.78. The van der Waals surface area contributed by atoms with E-state index in [9.17, 15) is 0 Å². The van der Waals surface area contributed by atoms with Crippen LogP contribution < -0.4 is 16.0 Å². The number of hydrogen-bond acceptors (Lipinski definition) is 3. The molecule has 0 fully saturated rings. The maximum Gasteiger partial charge on any atom is 0.105 e. The third-order valence-electron chi connectivity index (χ3n) is 2.91. The normalized spacial score (nSPS) is 10.2. The number of nitrogens with two attached hydrogens (primary N) is 1. The molecule has 2 aromatic rings. The molecule has 0 bridgehead atoms. The van der Waals surface area contributed by atoms with Crippen LogP contribution in [0.2, 0.25) is 5.02 Å². The molecule has 0 amide bonds. The van der Waals surface area contributed by atoms with E-state index >= 15 is 0 Å². The third-order valence-corrected chi connectivity index (χ3v) is 3.44. The van der Waals surface area contributed by atoms with Crippen LogP contribution in [0.4, 0.5) is 17.1 Å². The number of hydrogen-bond donors (Lipinski definition) is 2. The van der Waals surface area contributed by atoms with Crippen molar-refractivity contribution in [2.75, 3.05) is 24.3 Å². The van der Waals surface area contributed by atoms with E-state index in [0.29, 0.717) is 15.6 Å². The molecule has 0 aliphatic rings. The fraction of sp³-hybridized carbons (Fsp3) is 0.133. The quantitative estimate of drug-likeness (QED) is 0.843. The number of thiocarbonyl (C=S) groups is 1. The molecule has 0 atom stereocenters. The van der Waals surface area contributed by atoms with Crippen molar-refractivity contribution in [3.63, 3.8) is 0 Å². The molecule has 3 nitrogen and oxygen atoms in total. The summed E-state index contributed by atoms with van der Waals surface area (Å²) in [6.45, 7) is 0. The van der Waals surface area contributed by atoms with Crippen molar-refractivity contribution in [3.05, 3.63) is 53.1 Å². The Morgan fingerprint density at radius 3 is 2.20 bits per heavy atom. The van der Waals surface area contributed by atoms with Gasteiger partial charge in [0.2, 0.25) is 0 Å². The zero-order chi connectivity index (χ0) is 14.7. The molecule has 0 saturated carbocycles. The summed E-state index contributed by atoms with van der Waals surface area (Å²) in [5, 5.41) is 3.84. The number of nitrogens with zero attached hydrogens (tertiary/aromatic N) is 1. The molecule has 0 aliphatic carbocycles. The fourth-order valence-corrected chi connectivity index (χ4v) is 2.32. The van der Waals surface area contributed by atoms with Crippen LogP contribution in [0, 0.1) is 0 Å². The molecule has 20 heavy (non-hydrogen) atoms. The van der Waals surface area contributed by atoms with Gasteiger partial charge in [-0.05, 0) is 42.5 Å². The van der Waals surface area contributed by atoms with Crippen LogP contribution in [0.15, 0.2) is 42.5 Å². The lowest BCUT2D eigenvalue weighted by molar-refractivity contribution is 1.13. The first kappa shape index (κ1) is 14.6. The predicted molar refractivity (Wildman–Crippen MR) is 91.4 cm³/mol. The largest absolute Gasteiger partial charge is 0.389 e. The molecular weight excluding hydrogens is 290 g/mol. The second kappa shape index (κ2) is 6.11. The molecule has 0 saturated heterocycles. The van der Waals surface area contributed by atoms with Crippen LogP contribution in [0.1, 0.15) is 5.56 Å². The van der Waals surface area contributed by atoms with Gasteiger partial charge in [0.05, 0.1) is 5.02 Å². The molecule has 3 N–H and O–H groups in total. The molecule has 0 radical (unpaired) electrons. The van der Waals surface area contributed by atoms with Gasteiger partial charge in [0.1, 0.15) is 4.99 Å². The van der Waals surface area contributed by atoms with E-state index in [4.69, 9.17) is 29.6 Å². The highest BCUT2D eigenvalue weighted by Gasteiger charge is 2.04. The van der Waals surface area contributed by atoms with Crippen molar-refractivity contribution >= 4 is 45.9 Å². The standard InChI is InChI=1S/C15H16ClN3S/c1-19(2)12-6-3-10(4-7-12)18-11-5-8-13(15(17)20)14(16)9-11/h3-9,18H,1-2H3,(H2,17,20). The number of benzene rings is 2. The van der Waals surface area contributed by atoms with E-state index in [1.54, 1.807) is 0 Å². The maximum absolute atomic E-state index is 6.14. The van der Waals surface area contributed by atoms with Crippen LogP contribution >= 0.6 is 23.8 Å². The molecular formula is C15H16ClN3S. The summed E-state index contributed by atoms with van der Waals surface area (Å²) >= 11 is 11.1. The summed E-state index contributed by atoms with van der Waals surface area (Å²) in [7, 11) is 4.02. The molecule has 0 aliphatic heterocycles. The van der Waals surface area contributed by atoms with Crippen molar-refractivity contribution in [2.24, 2.45) is 5.73 Å². The van der Waals surface area contributed by atoms with Gasteiger partial charge in [-0.3, -0.25) is 0 Å². The van der Waals surface area contributed by atoms with Crippen molar-refractivity contribution in [3.8, 4) is 0 Å². The molecule has 2 aromatic carbocycles. The Kier molecular flexibility index (Phi) is 4.47. The molecule has 2 rings (SSSR count). The summed E-state index contributed by atoms with van der Waals surface area (Å²) < 4.78 is 0. The Morgan fingerprint density at radius 1 is 1.10 bits per heavy atom. The highest BCUT2D eigenvalue weighted by Crippen LogP contribution is 2.24. The molecule has 104 valence electrons. The summed E-state index contributed by atoms with van der Waals surface area (Å²) in [6.07, 6.45) is 0. The fourth-order valence-electron chi connectivity index (χ4n) is 1.80. The first-order valence-electron chi connectivity index (χ1n) is 6.11. The second-order valence-electron chi connectivity index (χ2n) is 4.63. The number of anilines is 3. The van der Waals surface area contributed by atoms with Crippen LogP contribution in [-0.4, -0.2) is 19.1 Å². The van der Waals surface area contributed by atoms with E-state index in [2.05, 4.69) is 10.2 Å². The topological polar surface area (TPSA) is 41.3 Å². The monoisotopic (exact) mass is 305 g/mol. The van der Waals surface area contributed by atoms with Crippen LogP contribution in [-0.2, 0) is 0 Å². The lowest BCUT2D eigenvalue weighted by Gasteiger charge is -2.14. The Morgan fingerprint density at radius 2 is 1.70 bits per heavy atom. The lowest BCUT2D eigenvalue weighted by atomic mass is 10.2. The predicted octanol–water partition coefficient (Wildman–Crippen LogP) is 3.78. The number of halogens is 1.